The molecule has 0 atom stereocenters. The third-order valence-corrected chi connectivity index (χ3v) is 5.09. The monoisotopic (exact) mass is 363 g/mol. The van der Waals surface area contributed by atoms with Crippen LogP contribution in [0.2, 0.25) is 0 Å². The lowest BCUT2D eigenvalue weighted by Gasteiger charge is -2.18. The Morgan fingerprint density at radius 2 is 1.44 bits per heavy atom. The fourth-order valence-electron chi connectivity index (χ4n) is 3.90. The molecule has 0 spiro atoms. The number of hydrogen-bond donors (Lipinski definition) is 1. The third-order valence-electron chi connectivity index (χ3n) is 5.09. The minimum atomic E-state index is -0.822. The summed E-state index contributed by atoms with van der Waals surface area (Å²) in [5.74, 6) is 0.968. The Labute approximate surface area is 157 Å². The van der Waals surface area contributed by atoms with Crippen LogP contribution in [0.5, 0.6) is 11.5 Å². The number of methoxy groups -OCH3 is 2. The zero-order chi connectivity index (χ0) is 19.0. The highest BCUT2D eigenvalue weighted by Crippen LogP contribution is 2.45. The number of benzene rings is 3. The SMILES string of the molecule is COc1c2c(c(OC)c3ccccc13)CN(c1ccc(CC(=O)O)cc1)C2. The molecule has 0 aliphatic carbocycles. The summed E-state index contributed by atoms with van der Waals surface area (Å²) in [6.45, 7) is 1.44. The van der Waals surface area contributed by atoms with E-state index >= 15 is 0 Å². The van der Waals surface area contributed by atoms with Crippen molar-refractivity contribution in [3.05, 3.63) is 65.2 Å². The van der Waals surface area contributed by atoms with Crippen LogP contribution in [0.4, 0.5) is 5.69 Å². The molecule has 3 aromatic carbocycles. The molecule has 0 amide bonds. The van der Waals surface area contributed by atoms with Crippen molar-refractivity contribution in [3.8, 4) is 11.5 Å². The second-order valence-corrected chi connectivity index (χ2v) is 6.66. The smallest absolute Gasteiger partial charge is 0.307 e. The number of carboxylic acids is 1. The van der Waals surface area contributed by atoms with Crippen LogP contribution >= 0.6 is 0 Å². The molecule has 0 unspecified atom stereocenters. The summed E-state index contributed by atoms with van der Waals surface area (Å²) in [5, 5.41) is 11.0. The predicted molar refractivity (Wildman–Crippen MR) is 105 cm³/mol. The van der Waals surface area contributed by atoms with Gasteiger partial charge in [0.1, 0.15) is 11.5 Å². The summed E-state index contributed by atoms with van der Waals surface area (Å²) >= 11 is 0. The Morgan fingerprint density at radius 3 is 1.89 bits per heavy atom. The van der Waals surface area contributed by atoms with Crippen LogP contribution in [0.25, 0.3) is 10.8 Å². The van der Waals surface area contributed by atoms with Gasteiger partial charge in [-0.25, -0.2) is 0 Å². The maximum atomic E-state index is 10.9. The molecule has 0 fully saturated rings. The van der Waals surface area contributed by atoms with E-state index in [-0.39, 0.29) is 6.42 Å². The Bertz CT molecular complexity index is 958. The minimum Gasteiger partial charge on any atom is -0.496 e. The van der Waals surface area contributed by atoms with Crippen molar-refractivity contribution >= 4 is 22.4 Å². The van der Waals surface area contributed by atoms with Gasteiger partial charge in [-0.05, 0) is 17.7 Å². The van der Waals surface area contributed by atoms with Crippen LogP contribution in [0.1, 0.15) is 16.7 Å². The Morgan fingerprint density at radius 1 is 0.926 bits per heavy atom. The predicted octanol–water partition coefficient (Wildman–Crippen LogP) is 4.00. The summed E-state index contributed by atoms with van der Waals surface area (Å²) in [6, 6.07) is 15.8. The lowest BCUT2D eigenvalue weighted by molar-refractivity contribution is -0.136. The van der Waals surface area contributed by atoms with E-state index < -0.39 is 5.97 Å². The highest BCUT2D eigenvalue weighted by Gasteiger charge is 2.29. The molecule has 1 heterocycles. The number of aliphatic carboxylic acids is 1. The third kappa shape index (κ3) is 2.95. The van der Waals surface area contributed by atoms with Gasteiger partial charge in [0.05, 0.1) is 20.6 Å². The maximum Gasteiger partial charge on any atom is 0.307 e. The molecule has 1 aliphatic heterocycles. The Hall–Kier alpha value is -3.21. The molecule has 27 heavy (non-hydrogen) atoms. The van der Waals surface area contributed by atoms with E-state index in [1.807, 2.05) is 36.4 Å². The van der Waals surface area contributed by atoms with Gasteiger partial charge in [-0.1, -0.05) is 36.4 Å². The first-order valence-electron chi connectivity index (χ1n) is 8.82. The van der Waals surface area contributed by atoms with Gasteiger partial charge >= 0.3 is 5.97 Å². The van der Waals surface area contributed by atoms with Crippen LogP contribution in [-0.2, 0) is 24.3 Å². The molecule has 138 valence electrons. The van der Waals surface area contributed by atoms with Gasteiger partial charge in [0.2, 0.25) is 0 Å². The molecule has 5 heteroatoms. The molecule has 0 saturated heterocycles. The van der Waals surface area contributed by atoms with Gasteiger partial charge in [0.15, 0.2) is 0 Å². The van der Waals surface area contributed by atoms with Gasteiger partial charge in [-0.15, -0.1) is 0 Å². The van der Waals surface area contributed by atoms with Crippen molar-refractivity contribution in [1.82, 2.24) is 0 Å². The maximum absolute atomic E-state index is 10.9. The van der Waals surface area contributed by atoms with Crippen LogP contribution in [0, 0.1) is 0 Å². The first-order chi connectivity index (χ1) is 13.1. The number of nitrogens with zero attached hydrogens (tertiary/aromatic N) is 1. The normalized spacial score (nSPS) is 12.9. The van der Waals surface area contributed by atoms with Gasteiger partial charge in [-0.3, -0.25) is 4.79 Å². The lowest BCUT2D eigenvalue weighted by atomic mass is 9.99. The van der Waals surface area contributed by atoms with E-state index in [2.05, 4.69) is 17.0 Å². The fraction of sp³-hybridized carbons (Fsp3) is 0.227. The molecule has 4 rings (SSSR count). The number of carbonyl (C=O) groups is 1. The first kappa shape index (κ1) is 17.2. The average molecular weight is 363 g/mol. The standard InChI is InChI=1S/C22H21NO4/c1-26-21-16-5-3-4-6-17(16)22(27-2)19-13-23(12-18(19)21)15-9-7-14(8-10-15)11-20(24)25/h3-10H,11-13H2,1-2H3,(H,24,25). The van der Waals surface area contributed by atoms with E-state index in [1.165, 1.54) is 0 Å². The van der Waals surface area contributed by atoms with Crippen molar-refractivity contribution < 1.29 is 19.4 Å². The van der Waals surface area contributed by atoms with E-state index in [1.54, 1.807) is 14.2 Å². The van der Waals surface area contributed by atoms with Crippen LogP contribution in [0.3, 0.4) is 0 Å². The van der Waals surface area contributed by atoms with E-state index in [0.717, 1.165) is 57.7 Å². The van der Waals surface area contributed by atoms with Crippen molar-refractivity contribution in [1.29, 1.82) is 0 Å². The Kier molecular flexibility index (Phi) is 4.36. The number of hydrogen-bond acceptors (Lipinski definition) is 4. The second kappa shape index (κ2) is 6.83. The number of anilines is 1. The van der Waals surface area contributed by atoms with Crippen molar-refractivity contribution in [2.75, 3.05) is 19.1 Å². The van der Waals surface area contributed by atoms with Gasteiger partial charge in [-0.2, -0.15) is 0 Å². The van der Waals surface area contributed by atoms with Crippen molar-refractivity contribution in [3.63, 3.8) is 0 Å². The molecular formula is C22H21NO4. The molecule has 0 radical (unpaired) electrons. The van der Waals surface area contributed by atoms with Gasteiger partial charge in [0.25, 0.3) is 0 Å². The summed E-state index contributed by atoms with van der Waals surface area (Å²) in [5.41, 5.74) is 4.13. The molecular weight excluding hydrogens is 342 g/mol. The number of fused-ring (bicyclic) bond motifs is 2. The topological polar surface area (TPSA) is 59.0 Å². The summed E-state index contributed by atoms with van der Waals surface area (Å²) < 4.78 is 11.5. The van der Waals surface area contributed by atoms with Crippen LogP contribution < -0.4 is 14.4 Å². The van der Waals surface area contributed by atoms with E-state index in [9.17, 15) is 4.79 Å². The van der Waals surface area contributed by atoms with Gasteiger partial charge in [0, 0.05) is 40.7 Å². The fourth-order valence-corrected chi connectivity index (χ4v) is 3.90. The molecule has 5 nitrogen and oxygen atoms in total. The zero-order valence-electron chi connectivity index (χ0n) is 15.4. The van der Waals surface area contributed by atoms with Crippen LogP contribution in [-0.4, -0.2) is 25.3 Å². The molecule has 1 N–H and O–H groups in total. The minimum absolute atomic E-state index is 0.0353. The molecule has 1 aliphatic rings. The number of carboxylic acid groups (broad SMARTS) is 1. The molecule has 0 bridgehead atoms. The van der Waals surface area contributed by atoms with E-state index in [0.29, 0.717) is 0 Å². The van der Waals surface area contributed by atoms with Crippen LogP contribution in [0.15, 0.2) is 48.5 Å². The number of ether oxygens (including phenoxy) is 2. The summed E-state index contributed by atoms with van der Waals surface area (Å²) in [6.07, 6.45) is 0.0353. The first-order valence-corrected chi connectivity index (χ1v) is 8.82. The lowest BCUT2D eigenvalue weighted by Crippen LogP contribution is -2.14. The zero-order valence-corrected chi connectivity index (χ0v) is 15.4. The van der Waals surface area contributed by atoms with E-state index in [4.69, 9.17) is 14.6 Å². The quantitative estimate of drug-likeness (QED) is 0.742. The Balaban J connectivity index is 1.74. The highest BCUT2D eigenvalue weighted by molar-refractivity contribution is 5.96. The van der Waals surface area contributed by atoms with Gasteiger partial charge < -0.3 is 19.5 Å². The summed E-state index contributed by atoms with van der Waals surface area (Å²) in [7, 11) is 3.41. The number of rotatable bonds is 5. The average Bonchev–Trinajstić information content (AvgIpc) is 3.10. The molecule has 0 aromatic heterocycles. The van der Waals surface area contributed by atoms with Crippen molar-refractivity contribution in [2.45, 2.75) is 19.5 Å². The molecule has 3 aromatic rings. The van der Waals surface area contributed by atoms with Crippen molar-refractivity contribution in [2.24, 2.45) is 0 Å². The largest absolute Gasteiger partial charge is 0.496 e. The molecule has 0 saturated carbocycles. The highest BCUT2D eigenvalue weighted by atomic mass is 16.5. The second-order valence-electron chi connectivity index (χ2n) is 6.66. The summed E-state index contributed by atoms with van der Waals surface area (Å²) in [4.78, 5) is 13.1.